The molecule has 1 N–H and O–H groups in total. The van der Waals surface area contributed by atoms with Crippen LogP contribution >= 0.6 is 11.8 Å². The number of esters is 1. The van der Waals surface area contributed by atoms with Crippen molar-refractivity contribution in [1.29, 1.82) is 0 Å². The number of hydrogen-bond donors (Lipinski definition) is 1. The third kappa shape index (κ3) is 6.46. The number of carbonyl (C=O) groups is 2. The number of nitrogens with zero attached hydrogens (tertiary/aromatic N) is 2. The molecule has 0 radical (unpaired) electrons. The Morgan fingerprint density at radius 1 is 1.08 bits per heavy atom. The van der Waals surface area contributed by atoms with E-state index in [1.807, 2.05) is 65.8 Å². The maximum atomic E-state index is 13.1. The largest absolute Gasteiger partial charge is 0.493 e. The Morgan fingerprint density at radius 2 is 1.87 bits per heavy atom. The maximum absolute atomic E-state index is 13.1. The molecule has 9 nitrogen and oxygen atoms in total. The van der Waals surface area contributed by atoms with Crippen LogP contribution in [-0.4, -0.2) is 56.4 Å². The van der Waals surface area contributed by atoms with Crippen molar-refractivity contribution < 1.29 is 28.5 Å². The van der Waals surface area contributed by atoms with E-state index in [1.165, 1.54) is 18.9 Å². The van der Waals surface area contributed by atoms with Crippen LogP contribution in [0.15, 0.2) is 75.9 Å². The van der Waals surface area contributed by atoms with Gasteiger partial charge in [0.05, 0.1) is 44.6 Å². The average molecular weight is 552 g/mol. The number of aliphatic imine (C=N–C) groups is 1. The number of fused-ring (bicyclic) bond motifs is 1. The lowest BCUT2D eigenvalue weighted by Crippen LogP contribution is -2.38. The molecule has 10 heteroatoms. The molecule has 0 bridgehead atoms. The summed E-state index contributed by atoms with van der Waals surface area (Å²) in [5, 5.41) is 5.47. The van der Waals surface area contributed by atoms with E-state index in [1.54, 1.807) is 14.2 Å². The normalized spacial score (nSPS) is 16.3. The van der Waals surface area contributed by atoms with E-state index in [0.717, 1.165) is 16.8 Å². The molecule has 0 aliphatic carbocycles. The van der Waals surface area contributed by atoms with Gasteiger partial charge in [-0.15, -0.1) is 0 Å². The van der Waals surface area contributed by atoms with Gasteiger partial charge in [-0.25, -0.2) is 9.79 Å². The van der Waals surface area contributed by atoms with Gasteiger partial charge in [0.15, 0.2) is 16.7 Å². The van der Waals surface area contributed by atoms with Gasteiger partial charge in [-0.3, -0.25) is 4.79 Å². The molecule has 0 fully saturated rings. The fourth-order valence-corrected chi connectivity index (χ4v) is 5.39. The van der Waals surface area contributed by atoms with E-state index >= 15 is 0 Å². The molecule has 4 rings (SSSR count). The van der Waals surface area contributed by atoms with Crippen LogP contribution in [0.3, 0.4) is 0 Å². The monoisotopic (exact) mass is 551 g/mol. The number of allylic oxidation sites excluding steroid dienone is 1. The zero-order valence-electron chi connectivity index (χ0n) is 22.6. The van der Waals surface area contributed by atoms with Gasteiger partial charge >= 0.3 is 5.97 Å². The van der Waals surface area contributed by atoms with E-state index in [4.69, 9.17) is 23.9 Å². The van der Waals surface area contributed by atoms with Crippen molar-refractivity contribution in [3.05, 3.63) is 82.0 Å². The first-order chi connectivity index (χ1) is 19.0. The second kappa shape index (κ2) is 13.3. The first-order valence-electron chi connectivity index (χ1n) is 12.7. The molecule has 0 aromatic heterocycles. The van der Waals surface area contributed by atoms with E-state index in [2.05, 4.69) is 5.32 Å². The molecule has 206 valence electrons. The smallest absolute Gasteiger partial charge is 0.338 e. The van der Waals surface area contributed by atoms with E-state index in [-0.39, 0.29) is 12.3 Å². The average Bonchev–Trinajstić information content (AvgIpc) is 3.37. The summed E-state index contributed by atoms with van der Waals surface area (Å²) in [7, 11) is 4.53. The van der Waals surface area contributed by atoms with Crippen LogP contribution in [0, 0.1) is 0 Å². The minimum Gasteiger partial charge on any atom is -0.493 e. The van der Waals surface area contributed by atoms with Crippen molar-refractivity contribution >= 4 is 28.8 Å². The third-order valence-electron chi connectivity index (χ3n) is 6.34. The Kier molecular flexibility index (Phi) is 9.67. The molecule has 2 aliphatic heterocycles. The summed E-state index contributed by atoms with van der Waals surface area (Å²) in [5.74, 6) is 0.498. The quantitative estimate of drug-likeness (QED) is 0.303. The molecular formula is C29H33N3O6S. The molecule has 0 saturated heterocycles. The number of ether oxygens (including phenoxy) is 4. The van der Waals surface area contributed by atoms with Crippen LogP contribution in [0.2, 0.25) is 0 Å². The summed E-state index contributed by atoms with van der Waals surface area (Å²) in [6.45, 7) is 3.17. The summed E-state index contributed by atoms with van der Waals surface area (Å²) in [6, 6.07) is 14.9. The predicted molar refractivity (Wildman–Crippen MR) is 150 cm³/mol. The highest BCUT2D eigenvalue weighted by Gasteiger charge is 2.41. The number of hydrogen-bond acceptors (Lipinski definition) is 9. The Morgan fingerprint density at radius 3 is 2.56 bits per heavy atom. The zero-order valence-corrected chi connectivity index (χ0v) is 23.4. The number of amidine groups is 1. The predicted octanol–water partition coefficient (Wildman–Crippen LogP) is 4.56. The van der Waals surface area contributed by atoms with Crippen LogP contribution in [0.5, 0.6) is 11.5 Å². The molecule has 2 aromatic carbocycles. The SMILES string of the molecule is CCC1=C(C(=O)OC)C(c2ccc(OCc3ccccc3)c(OC)c2)N2C(CC(=O)NCCOC)=CSC2=N1. The summed E-state index contributed by atoms with van der Waals surface area (Å²) in [4.78, 5) is 32.5. The Bertz CT molecular complexity index is 1290. The van der Waals surface area contributed by atoms with Gasteiger partial charge in [0.2, 0.25) is 5.91 Å². The van der Waals surface area contributed by atoms with E-state index < -0.39 is 12.0 Å². The van der Waals surface area contributed by atoms with Crippen molar-refractivity contribution in [3.63, 3.8) is 0 Å². The van der Waals surface area contributed by atoms with Crippen molar-refractivity contribution in [2.45, 2.75) is 32.4 Å². The molecule has 2 heterocycles. The summed E-state index contributed by atoms with van der Waals surface area (Å²) < 4.78 is 22.0. The Hall–Kier alpha value is -3.76. The second-order valence-electron chi connectivity index (χ2n) is 8.80. The molecule has 0 spiro atoms. The molecule has 2 aromatic rings. The highest BCUT2D eigenvalue weighted by Crippen LogP contribution is 2.46. The zero-order chi connectivity index (χ0) is 27.8. The number of thioether (sulfide) groups is 1. The van der Waals surface area contributed by atoms with Crippen LogP contribution in [0.1, 0.15) is 36.9 Å². The van der Waals surface area contributed by atoms with Crippen molar-refractivity contribution in [2.24, 2.45) is 4.99 Å². The van der Waals surface area contributed by atoms with Gasteiger partial charge in [-0.1, -0.05) is 55.1 Å². The van der Waals surface area contributed by atoms with Gasteiger partial charge in [0.1, 0.15) is 6.61 Å². The van der Waals surface area contributed by atoms with Gasteiger partial charge < -0.3 is 29.2 Å². The fraction of sp³-hybridized carbons (Fsp3) is 0.345. The summed E-state index contributed by atoms with van der Waals surface area (Å²) in [5.41, 5.74) is 3.63. The van der Waals surface area contributed by atoms with Crippen LogP contribution in [-0.2, 0) is 25.7 Å². The van der Waals surface area contributed by atoms with Crippen molar-refractivity contribution in [2.75, 3.05) is 34.5 Å². The van der Waals surface area contributed by atoms with Crippen molar-refractivity contribution in [1.82, 2.24) is 10.2 Å². The number of carbonyl (C=O) groups excluding carboxylic acids is 2. The van der Waals surface area contributed by atoms with E-state index in [0.29, 0.717) is 54.1 Å². The molecule has 1 unspecified atom stereocenters. The lowest BCUT2D eigenvalue weighted by atomic mass is 9.92. The highest BCUT2D eigenvalue weighted by molar-refractivity contribution is 8.16. The minimum absolute atomic E-state index is 0.123. The first kappa shape index (κ1) is 28.3. The number of methoxy groups -OCH3 is 3. The topological polar surface area (TPSA) is 98.7 Å². The number of nitrogens with one attached hydrogen (secondary N) is 1. The Balaban J connectivity index is 1.69. The minimum atomic E-state index is -0.565. The van der Waals surface area contributed by atoms with Gasteiger partial charge in [-0.2, -0.15) is 0 Å². The van der Waals surface area contributed by atoms with Gasteiger partial charge in [0.25, 0.3) is 0 Å². The van der Waals surface area contributed by atoms with Crippen LogP contribution in [0.25, 0.3) is 0 Å². The molecule has 1 atom stereocenters. The van der Waals surface area contributed by atoms with Crippen molar-refractivity contribution in [3.8, 4) is 11.5 Å². The summed E-state index contributed by atoms with van der Waals surface area (Å²) in [6.07, 6.45) is 0.665. The number of benzene rings is 2. The molecule has 1 amide bonds. The van der Waals surface area contributed by atoms with Gasteiger partial charge in [0, 0.05) is 19.4 Å². The second-order valence-corrected chi connectivity index (χ2v) is 9.64. The maximum Gasteiger partial charge on any atom is 0.338 e. The molecule has 2 aliphatic rings. The first-order valence-corrected chi connectivity index (χ1v) is 13.5. The Labute approximate surface area is 232 Å². The molecular weight excluding hydrogens is 518 g/mol. The number of amides is 1. The van der Waals surface area contributed by atoms with Crippen LogP contribution in [0.4, 0.5) is 0 Å². The fourth-order valence-electron chi connectivity index (χ4n) is 4.46. The third-order valence-corrected chi connectivity index (χ3v) is 7.23. The van der Waals surface area contributed by atoms with Crippen LogP contribution < -0.4 is 14.8 Å². The summed E-state index contributed by atoms with van der Waals surface area (Å²) >= 11 is 1.43. The van der Waals surface area contributed by atoms with Gasteiger partial charge in [-0.05, 0) is 35.1 Å². The standard InChI is InChI=1S/C29H33N3O6S/c1-5-22-26(28(34)37-4)27(32-21(18-39-29(32)31-22)16-25(33)30-13-14-35-2)20-11-12-23(24(15-20)36-3)38-17-19-9-7-6-8-10-19/h6-12,15,18,27H,5,13-14,16-17H2,1-4H3,(H,30,33). The number of rotatable bonds is 12. The lowest BCUT2D eigenvalue weighted by molar-refractivity contribution is -0.136. The van der Waals surface area contributed by atoms with E-state index in [9.17, 15) is 9.59 Å². The highest BCUT2D eigenvalue weighted by atomic mass is 32.2. The molecule has 39 heavy (non-hydrogen) atoms. The molecule has 0 saturated carbocycles. The lowest BCUT2D eigenvalue weighted by Gasteiger charge is -2.36.